The Balaban J connectivity index is 1.63. The van der Waals surface area contributed by atoms with E-state index >= 15 is 0 Å². The van der Waals surface area contributed by atoms with E-state index in [9.17, 15) is 8.78 Å². The van der Waals surface area contributed by atoms with Crippen molar-refractivity contribution in [2.45, 2.75) is 35.9 Å². The Hall–Kier alpha value is -2.26. The fourth-order valence-electron chi connectivity index (χ4n) is 4.18. The van der Waals surface area contributed by atoms with E-state index in [0.29, 0.717) is 46.0 Å². The van der Waals surface area contributed by atoms with Crippen molar-refractivity contribution in [2.75, 3.05) is 18.0 Å². The van der Waals surface area contributed by atoms with E-state index in [1.54, 1.807) is 12.4 Å². The maximum absolute atomic E-state index is 13.9. The Kier molecular flexibility index (Phi) is 4.24. The van der Waals surface area contributed by atoms with Crippen molar-refractivity contribution in [1.29, 1.82) is 0 Å². The number of aromatic nitrogens is 4. The molecule has 1 saturated heterocycles. The molecule has 3 aromatic heterocycles. The molecule has 4 heterocycles. The van der Waals surface area contributed by atoms with Gasteiger partial charge in [0.2, 0.25) is 0 Å². The highest BCUT2D eigenvalue weighted by atomic mass is 32.2. The molecule has 3 N–H and O–H groups in total. The van der Waals surface area contributed by atoms with Gasteiger partial charge >= 0.3 is 0 Å². The Morgan fingerprint density at radius 1 is 1.32 bits per heavy atom. The van der Waals surface area contributed by atoms with Crippen LogP contribution >= 0.6 is 11.8 Å². The van der Waals surface area contributed by atoms with Crippen LogP contribution in [-0.4, -0.2) is 39.1 Å². The molecular weight excluding hydrogens is 382 g/mol. The van der Waals surface area contributed by atoms with Gasteiger partial charge in [0.1, 0.15) is 11.5 Å². The van der Waals surface area contributed by atoms with Gasteiger partial charge < -0.3 is 15.6 Å². The van der Waals surface area contributed by atoms with Gasteiger partial charge in [0.15, 0.2) is 5.16 Å². The molecule has 5 rings (SSSR count). The lowest BCUT2D eigenvalue weighted by Crippen LogP contribution is -2.29. The number of alkyl halides is 2. The first-order chi connectivity index (χ1) is 13.6. The molecule has 3 aromatic rings. The molecule has 0 amide bonds. The van der Waals surface area contributed by atoms with Gasteiger partial charge in [-0.25, -0.2) is 18.7 Å². The number of aryl methyl sites for hydroxylation is 1. The molecule has 0 aromatic carbocycles. The molecule has 0 bridgehead atoms. The van der Waals surface area contributed by atoms with E-state index in [1.807, 2.05) is 19.1 Å². The number of nitrogens with one attached hydrogen (secondary N) is 1. The number of anilines is 1. The number of piperidine rings is 1. The van der Waals surface area contributed by atoms with Crippen LogP contribution in [0, 0.1) is 11.8 Å². The van der Waals surface area contributed by atoms with Gasteiger partial charge in [-0.3, -0.25) is 4.98 Å². The molecule has 3 atom stereocenters. The third-order valence-electron chi connectivity index (χ3n) is 5.71. The fraction of sp³-hybridized carbons (Fsp3) is 0.421. The Morgan fingerprint density at radius 2 is 2.11 bits per heavy atom. The van der Waals surface area contributed by atoms with E-state index in [-0.39, 0.29) is 11.6 Å². The molecule has 1 aliphatic carbocycles. The molecule has 146 valence electrons. The van der Waals surface area contributed by atoms with Crippen molar-refractivity contribution in [2.24, 2.45) is 17.6 Å². The smallest absolute Gasteiger partial charge is 0.266 e. The first kappa shape index (κ1) is 17.8. The third kappa shape index (κ3) is 2.84. The first-order valence-electron chi connectivity index (χ1n) is 9.35. The number of nitrogens with two attached hydrogens (primary N) is 1. The topological polar surface area (TPSA) is 83.7 Å². The fourth-order valence-corrected chi connectivity index (χ4v) is 4.92. The molecular formula is C19H20F2N6S. The zero-order valence-electron chi connectivity index (χ0n) is 15.3. The summed E-state index contributed by atoms with van der Waals surface area (Å²) in [5.41, 5.74) is 7.07. The standard InChI is InChI=1S/C19H20F2N6S/c1-2-12-13(16(20)21)14-17(24-12)25-19(28-9-4-3-5-23-6-9)26-18(14)27-7-10-11(8-27)15(10)22/h3-6,10-11,15-16H,2,7-8,22H2,1H3,(H,24,25,26)/t10-,11+,15?. The van der Waals surface area contributed by atoms with Gasteiger partial charge in [-0.05, 0) is 42.2 Å². The average molecular weight is 402 g/mol. The van der Waals surface area contributed by atoms with E-state index in [1.165, 1.54) is 11.8 Å². The highest BCUT2D eigenvalue weighted by Crippen LogP contribution is 2.47. The van der Waals surface area contributed by atoms with Crippen molar-refractivity contribution in [3.63, 3.8) is 0 Å². The van der Waals surface area contributed by atoms with Crippen molar-refractivity contribution >= 4 is 28.6 Å². The monoisotopic (exact) mass is 402 g/mol. The summed E-state index contributed by atoms with van der Waals surface area (Å²) in [5.74, 6) is 1.44. The molecule has 0 radical (unpaired) electrons. The summed E-state index contributed by atoms with van der Waals surface area (Å²) in [5, 5.41) is 0.961. The lowest BCUT2D eigenvalue weighted by molar-refractivity contribution is 0.152. The maximum atomic E-state index is 13.9. The van der Waals surface area contributed by atoms with Crippen molar-refractivity contribution in [1.82, 2.24) is 19.9 Å². The average Bonchev–Trinajstić information content (AvgIpc) is 3.07. The highest BCUT2D eigenvalue weighted by molar-refractivity contribution is 7.99. The molecule has 1 unspecified atom stereocenters. The number of pyridine rings is 1. The molecule has 6 nitrogen and oxygen atoms in total. The number of nitrogens with zero attached hydrogens (tertiary/aromatic N) is 4. The molecule has 9 heteroatoms. The summed E-state index contributed by atoms with van der Waals surface area (Å²) in [6, 6.07) is 3.99. The summed E-state index contributed by atoms with van der Waals surface area (Å²) in [4.78, 5) is 19.5. The SMILES string of the molecule is CCc1[nH]c2nc(Sc3cccnc3)nc(N3C[C@@H]4C(N)[C@@H]4C3)c2c1C(F)F. The first-order valence-corrected chi connectivity index (χ1v) is 10.2. The van der Waals surface area contributed by atoms with Crippen LogP contribution in [0.3, 0.4) is 0 Å². The number of fused-ring (bicyclic) bond motifs is 2. The Bertz CT molecular complexity index is 1010. The van der Waals surface area contributed by atoms with Crippen LogP contribution < -0.4 is 10.6 Å². The van der Waals surface area contributed by atoms with Crippen molar-refractivity contribution < 1.29 is 8.78 Å². The molecule has 0 spiro atoms. The number of halogens is 2. The second-order valence-corrected chi connectivity index (χ2v) is 8.37. The molecule has 1 aliphatic heterocycles. The summed E-state index contributed by atoms with van der Waals surface area (Å²) in [6.07, 6.45) is 1.34. The summed E-state index contributed by atoms with van der Waals surface area (Å²) in [6.45, 7) is 3.37. The second kappa shape index (κ2) is 6.66. The van der Waals surface area contributed by atoms with Crippen LogP contribution in [0.15, 0.2) is 34.6 Å². The van der Waals surface area contributed by atoms with E-state index in [0.717, 1.165) is 18.0 Å². The van der Waals surface area contributed by atoms with Gasteiger partial charge in [0.25, 0.3) is 6.43 Å². The van der Waals surface area contributed by atoms with Crippen LogP contribution in [0.4, 0.5) is 14.6 Å². The predicted octanol–water partition coefficient (Wildman–Crippen LogP) is 3.40. The number of rotatable bonds is 5. The minimum atomic E-state index is -2.58. The lowest BCUT2D eigenvalue weighted by atomic mass is 10.1. The summed E-state index contributed by atoms with van der Waals surface area (Å²) < 4.78 is 27.8. The molecule has 1 saturated carbocycles. The number of hydrogen-bond acceptors (Lipinski definition) is 6. The summed E-state index contributed by atoms with van der Waals surface area (Å²) in [7, 11) is 0. The molecule has 28 heavy (non-hydrogen) atoms. The number of H-pyrrole nitrogens is 1. The lowest BCUT2D eigenvalue weighted by Gasteiger charge is -2.22. The number of hydrogen-bond donors (Lipinski definition) is 2. The van der Waals surface area contributed by atoms with Gasteiger partial charge in [-0.15, -0.1) is 0 Å². The largest absolute Gasteiger partial charge is 0.355 e. The minimum absolute atomic E-state index is 0.0234. The van der Waals surface area contributed by atoms with Crippen LogP contribution in [0.1, 0.15) is 24.6 Å². The van der Waals surface area contributed by atoms with Crippen molar-refractivity contribution in [3.8, 4) is 0 Å². The van der Waals surface area contributed by atoms with Crippen LogP contribution in [0.25, 0.3) is 11.0 Å². The Labute approximate surface area is 165 Å². The second-order valence-electron chi connectivity index (χ2n) is 7.33. The van der Waals surface area contributed by atoms with Crippen LogP contribution in [-0.2, 0) is 6.42 Å². The molecule has 2 aliphatic rings. The number of aromatic amines is 1. The van der Waals surface area contributed by atoms with E-state index < -0.39 is 6.43 Å². The minimum Gasteiger partial charge on any atom is -0.355 e. The van der Waals surface area contributed by atoms with Gasteiger partial charge in [0, 0.05) is 42.1 Å². The van der Waals surface area contributed by atoms with Crippen LogP contribution in [0.2, 0.25) is 0 Å². The Morgan fingerprint density at radius 3 is 2.75 bits per heavy atom. The van der Waals surface area contributed by atoms with Crippen molar-refractivity contribution in [3.05, 3.63) is 35.8 Å². The maximum Gasteiger partial charge on any atom is 0.266 e. The summed E-state index contributed by atoms with van der Waals surface area (Å²) >= 11 is 1.38. The predicted molar refractivity (Wildman–Crippen MR) is 104 cm³/mol. The molecule has 2 fully saturated rings. The van der Waals surface area contributed by atoms with Gasteiger partial charge in [-0.1, -0.05) is 6.92 Å². The quantitative estimate of drug-likeness (QED) is 0.637. The third-order valence-corrected chi connectivity index (χ3v) is 6.55. The zero-order valence-corrected chi connectivity index (χ0v) is 16.1. The normalized spacial score (nSPS) is 23.6. The van der Waals surface area contributed by atoms with Gasteiger partial charge in [0.05, 0.1) is 10.9 Å². The van der Waals surface area contributed by atoms with E-state index in [4.69, 9.17) is 10.7 Å². The highest BCUT2D eigenvalue weighted by Gasteiger charge is 2.54. The zero-order chi connectivity index (χ0) is 19.4. The van der Waals surface area contributed by atoms with Crippen LogP contribution in [0.5, 0.6) is 0 Å². The van der Waals surface area contributed by atoms with E-state index in [2.05, 4.69) is 19.9 Å². The van der Waals surface area contributed by atoms with Gasteiger partial charge in [-0.2, -0.15) is 0 Å².